The van der Waals surface area contributed by atoms with Gasteiger partial charge in [0.05, 0.1) is 16.8 Å². The largest absolute Gasteiger partial charge is 0.378 e. The zero-order valence-electron chi connectivity index (χ0n) is 11.7. The van der Waals surface area contributed by atoms with E-state index in [0.29, 0.717) is 12.6 Å². The van der Waals surface area contributed by atoms with Gasteiger partial charge in [-0.2, -0.15) is 0 Å². The van der Waals surface area contributed by atoms with Crippen molar-refractivity contribution in [2.45, 2.75) is 64.5 Å². The van der Waals surface area contributed by atoms with Crippen molar-refractivity contribution in [3.05, 3.63) is 15.6 Å². The first-order chi connectivity index (χ1) is 8.50. The average Bonchev–Trinajstić information content (AvgIpc) is 2.73. The molecule has 18 heavy (non-hydrogen) atoms. The molecule has 0 spiro atoms. The van der Waals surface area contributed by atoms with Gasteiger partial charge >= 0.3 is 0 Å². The SMILES string of the molecule is CC(C)(C)c1nc(CC2CCCCO2)sc1CN. The van der Waals surface area contributed by atoms with Gasteiger partial charge in [-0.15, -0.1) is 11.3 Å². The molecule has 1 aliphatic rings. The molecule has 4 heteroatoms. The number of rotatable bonds is 3. The predicted molar refractivity (Wildman–Crippen MR) is 76.0 cm³/mol. The van der Waals surface area contributed by atoms with Crippen LogP contribution < -0.4 is 5.73 Å². The van der Waals surface area contributed by atoms with Crippen LogP contribution in [0.25, 0.3) is 0 Å². The minimum atomic E-state index is 0.0802. The molecule has 0 bridgehead atoms. The van der Waals surface area contributed by atoms with Gasteiger partial charge in [-0.1, -0.05) is 20.8 Å². The minimum absolute atomic E-state index is 0.0802. The molecule has 2 rings (SSSR count). The van der Waals surface area contributed by atoms with Crippen LogP contribution in [0.4, 0.5) is 0 Å². The highest BCUT2D eigenvalue weighted by Gasteiger charge is 2.24. The fourth-order valence-electron chi connectivity index (χ4n) is 2.38. The van der Waals surface area contributed by atoms with Crippen molar-refractivity contribution in [2.24, 2.45) is 5.73 Å². The summed E-state index contributed by atoms with van der Waals surface area (Å²) < 4.78 is 5.79. The molecule has 1 aromatic rings. The van der Waals surface area contributed by atoms with Crippen molar-refractivity contribution >= 4 is 11.3 Å². The fourth-order valence-corrected chi connectivity index (χ4v) is 3.60. The first-order valence-electron chi connectivity index (χ1n) is 6.81. The smallest absolute Gasteiger partial charge is 0.0957 e. The highest BCUT2D eigenvalue weighted by atomic mass is 32.1. The molecule has 2 heterocycles. The van der Waals surface area contributed by atoms with Crippen LogP contribution in [-0.2, 0) is 23.1 Å². The van der Waals surface area contributed by atoms with E-state index >= 15 is 0 Å². The van der Waals surface area contributed by atoms with Crippen molar-refractivity contribution in [3.8, 4) is 0 Å². The molecule has 2 N–H and O–H groups in total. The Bertz CT molecular complexity index is 389. The highest BCUT2D eigenvalue weighted by molar-refractivity contribution is 7.11. The normalized spacial score (nSPS) is 21.2. The lowest BCUT2D eigenvalue weighted by Gasteiger charge is -2.21. The molecule has 1 unspecified atom stereocenters. The van der Waals surface area contributed by atoms with Crippen LogP contribution >= 0.6 is 11.3 Å². The van der Waals surface area contributed by atoms with E-state index in [2.05, 4.69) is 20.8 Å². The van der Waals surface area contributed by atoms with Crippen LogP contribution in [0.15, 0.2) is 0 Å². The Morgan fingerprint density at radius 1 is 1.39 bits per heavy atom. The summed E-state index contributed by atoms with van der Waals surface area (Å²) in [4.78, 5) is 6.03. The molecule has 0 aromatic carbocycles. The Morgan fingerprint density at radius 2 is 2.17 bits per heavy atom. The number of hydrogen-bond acceptors (Lipinski definition) is 4. The predicted octanol–water partition coefficient (Wildman–Crippen LogP) is 3.01. The Morgan fingerprint density at radius 3 is 2.67 bits per heavy atom. The summed E-state index contributed by atoms with van der Waals surface area (Å²) in [6, 6.07) is 0. The zero-order chi connectivity index (χ0) is 13.2. The topological polar surface area (TPSA) is 48.1 Å². The summed E-state index contributed by atoms with van der Waals surface area (Å²) in [5.41, 5.74) is 7.08. The molecule has 0 saturated carbocycles. The van der Waals surface area contributed by atoms with Gasteiger partial charge in [0.25, 0.3) is 0 Å². The number of hydrogen-bond donors (Lipinski definition) is 1. The lowest BCUT2D eigenvalue weighted by Crippen LogP contribution is -2.21. The lowest BCUT2D eigenvalue weighted by molar-refractivity contribution is 0.0167. The lowest BCUT2D eigenvalue weighted by atomic mass is 9.91. The van der Waals surface area contributed by atoms with Crippen LogP contribution in [0.3, 0.4) is 0 Å². The third-order valence-corrected chi connectivity index (χ3v) is 4.41. The molecular weight excluding hydrogens is 244 g/mol. The maximum Gasteiger partial charge on any atom is 0.0957 e. The Kier molecular flexibility index (Phi) is 4.41. The second-order valence-corrected chi connectivity index (χ2v) is 7.19. The molecule has 3 nitrogen and oxygen atoms in total. The van der Waals surface area contributed by atoms with Gasteiger partial charge in [0.1, 0.15) is 0 Å². The van der Waals surface area contributed by atoms with E-state index < -0.39 is 0 Å². The van der Waals surface area contributed by atoms with Crippen LogP contribution in [0.2, 0.25) is 0 Å². The zero-order valence-corrected chi connectivity index (χ0v) is 12.5. The van der Waals surface area contributed by atoms with Crippen molar-refractivity contribution in [2.75, 3.05) is 6.61 Å². The van der Waals surface area contributed by atoms with Gasteiger partial charge in [0, 0.05) is 29.9 Å². The third kappa shape index (κ3) is 3.31. The van der Waals surface area contributed by atoms with Gasteiger partial charge < -0.3 is 10.5 Å². The molecule has 1 fully saturated rings. The molecule has 0 aliphatic carbocycles. The van der Waals surface area contributed by atoms with Crippen LogP contribution in [-0.4, -0.2) is 17.7 Å². The standard InChI is InChI=1S/C14H24N2OS/c1-14(2,3)13-11(9-15)18-12(16-13)8-10-6-4-5-7-17-10/h10H,4-9,15H2,1-3H3. The monoisotopic (exact) mass is 268 g/mol. The number of thiazole rings is 1. The first kappa shape index (κ1) is 14.0. The van der Waals surface area contributed by atoms with Gasteiger partial charge in [-0.3, -0.25) is 0 Å². The van der Waals surface area contributed by atoms with Gasteiger partial charge in [-0.25, -0.2) is 4.98 Å². The second-order valence-electron chi connectivity index (χ2n) is 6.03. The maximum absolute atomic E-state index is 5.83. The van der Waals surface area contributed by atoms with Crippen molar-refractivity contribution in [1.82, 2.24) is 4.98 Å². The quantitative estimate of drug-likeness (QED) is 0.916. The summed E-state index contributed by atoms with van der Waals surface area (Å²) in [6.45, 7) is 8.09. The van der Waals surface area contributed by atoms with E-state index in [1.54, 1.807) is 11.3 Å². The Balaban J connectivity index is 2.11. The van der Waals surface area contributed by atoms with Crippen LogP contribution in [0.5, 0.6) is 0 Å². The fraction of sp³-hybridized carbons (Fsp3) is 0.786. The summed E-state index contributed by atoms with van der Waals surface area (Å²) in [5.74, 6) is 0. The molecule has 102 valence electrons. The van der Waals surface area contributed by atoms with Crippen molar-refractivity contribution < 1.29 is 4.74 Å². The van der Waals surface area contributed by atoms with Gasteiger partial charge in [0.2, 0.25) is 0 Å². The second kappa shape index (κ2) is 5.68. The highest BCUT2D eigenvalue weighted by Crippen LogP contribution is 2.30. The summed E-state index contributed by atoms with van der Waals surface area (Å²) in [7, 11) is 0. The summed E-state index contributed by atoms with van der Waals surface area (Å²) in [6.07, 6.45) is 4.97. The average molecular weight is 268 g/mol. The molecule has 1 saturated heterocycles. The minimum Gasteiger partial charge on any atom is -0.378 e. The van der Waals surface area contributed by atoms with Crippen molar-refractivity contribution in [3.63, 3.8) is 0 Å². The number of nitrogens with two attached hydrogens (primary N) is 1. The van der Waals surface area contributed by atoms with Gasteiger partial charge in [-0.05, 0) is 19.3 Å². The Labute approximate surface area is 114 Å². The van der Waals surface area contributed by atoms with Crippen LogP contribution in [0, 0.1) is 0 Å². The molecule has 1 aliphatic heterocycles. The third-order valence-electron chi connectivity index (χ3n) is 3.31. The summed E-state index contributed by atoms with van der Waals surface area (Å²) in [5, 5.41) is 1.19. The summed E-state index contributed by atoms with van der Waals surface area (Å²) >= 11 is 1.76. The molecular formula is C14H24N2OS. The van der Waals surface area contributed by atoms with Crippen molar-refractivity contribution in [1.29, 1.82) is 0 Å². The molecule has 0 amide bonds. The molecule has 1 atom stereocenters. The van der Waals surface area contributed by atoms with E-state index in [1.165, 1.54) is 34.8 Å². The number of nitrogens with zero attached hydrogens (tertiary/aromatic N) is 1. The first-order valence-corrected chi connectivity index (χ1v) is 7.63. The van der Waals surface area contributed by atoms with E-state index in [9.17, 15) is 0 Å². The molecule has 1 aromatic heterocycles. The van der Waals surface area contributed by atoms with E-state index in [1.807, 2.05) is 0 Å². The van der Waals surface area contributed by atoms with E-state index in [0.717, 1.165) is 13.0 Å². The number of ether oxygens (including phenoxy) is 1. The number of aromatic nitrogens is 1. The van der Waals surface area contributed by atoms with E-state index in [-0.39, 0.29) is 5.41 Å². The van der Waals surface area contributed by atoms with Gasteiger partial charge in [0.15, 0.2) is 0 Å². The van der Waals surface area contributed by atoms with Crippen LogP contribution in [0.1, 0.15) is 55.6 Å². The Hall–Kier alpha value is -0.450. The molecule has 0 radical (unpaired) electrons. The van der Waals surface area contributed by atoms with E-state index in [4.69, 9.17) is 15.5 Å². The maximum atomic E-state index is 5.83.